The van der Waals surface area contributed by atoms with Crippen LogP contribution in [0.2, 0.25) is 5.02 Å². The third kappa shape index (κ3) is 3.65. The lowest BCUT2D eigenvalue weighted by Crippen LogP contribution is -2.45. The number of alkyl halides is 1. The lowest BCUT2D eigenvalue weighted by molar-refractivity contribution is 0.103. The van der Waals surface area contributed by atoms with Crippen molar-refractivity contribution in [2.75, 3.05) is 6.54 Å². The first-order chi connectivity index (χ1) is 8.99. The highest BCUT2D eigenvalue weighted by molar-refractivity contribution is 6.31. The zero-order valence-electron chi connectivity index (χ0n) is 12.0. The fourth-order valence-electron chi connectivity index (χ4n) is 2.99. The second kappa shape index (κ2) is 6.47. The predicted molar refractivity (Wildman–Crippen MR) is 84.3 cm³/mol. The number of halogens is 2. The maximum absolute atomic E-state index is 6.61. The van der Waals surface area contributed by atoms with Gasteiger partial charge in [-0.05, 0) is 50.8 Å². The van der Waals surface area contributed by atoms with Gasteiger partial charge in [-0.3, -0.25) is 4.90 Å². The van der Waals surface area contributed by atoms with Crippen molar-refractivity contribution in [1.29, 1.82) is 0 Å². The third-order valence-corrected chi connectivity index (χ3v) is 5.10. The molecule has 2 rings (SSSR count). The molecule has 1 heterocycles. The second-order valence-electron chi connectivity index (χ2n) is 5.80. The minimum atomic E-state index is 0.0407. The number of hydrogen-bond donors (Lipinski definition) is 0. The van der Waals surface area contributed by atoms with Crippen molar-refractivity contribution in [3.63, 3.8) is 0 Å². The van der Waals surface area contributed by atoms with E-state index in [4.69, 9.17) is 23.2 Å². The normalized spacial score (nSPS) is 26.4. The molecule has 3 atom stereocenters. The molecule has 1 aliphatic rings. The molecule has 0 spiro atoms. The van der Waals surface area contributed by atoms with Crippen molar-refractivity contribution >= 4 is 23.2 Å². The van der Waals surface area contributed by atoms with Gasteiger partial charge in [0, 0.05) is 23.7 Å². The summed E-state index contributed by atoms with van der Waals surface area (Å²) in [4.78, 5) is 2.55. The summed E-state index contributed by atoms with van der Waals surface area (Å²) in [6.07, 6.45) is 3.91. The minimum Gasteiger partial charge on any atom is -0.296 e. The molecule has 1 aromatic rings. The van der Waals surface area contributed by atoms with E-state index in [1.807, 2.05) is 19.1 Å². The predicted octanol–water partition coefficient (Wildman–Crippen LogP) is 5.19. The Morgan fingerprint density at radius 3 is 2.47 bits per heavy atom. The highest BCUT2D eigenvalue weighted by Crippen LogP contribution is 2.30. The fraction of sp³-hybridized carbons (Fsp3) is 0.625. The second-order valence-corrected chi connectivity index (χ2v) is 6.74. The lowest BCUT2D eigenvalue weighted by Gasteiger charge is -2.40. The molecular formula is C16H23Cl2N. The first kappa shape index (κ1) is 15.2. The van der Waals surface area contributed by atoms with Gasteiger partial charge in [-0.2, -0.15) is 0 Å². The van der Waals surface area contributed by atoms with Crippen LogP contribution in [0.3, 0.4) is 0 Å². The summed E-state index contributed by atoms with van der Waals surface area (Å²) in [7, 11) is 0. The van der Waals surface area contributed by atoms with Crippen molar-refractivity contribution in [3.8, 4) is 0 Å². The van der Waals surface area contributed by atoms with Gasteiger partial charge >= 0.3 is 0 Å². The summed E-state index contributed by atoms with van der Waals surface area (Å²) in [6.45, 7) is 7.57. The molecule has 3 unspecified atom stereocenters. The van der Waals surface area contributed by atoms with E-state index in [9.17, 15) is 0 Å². The van der Waals surface area contributed by atoms with Crippen molar-refractivity contribution in [2.24, 2.45) is 0 Å². The largest absolute Gasteiger partial charge is 0.296 e. The first-order valence-corrected chi connectivity index (χ1v) is 7.96. The molecule has 0 radical (unpaired) electrons. The standard InChI is InChI=1S/C16H23Cl2N/c1-11-9-14(7-8-15(11)17)16(18)10-19-12(2)5-4-6-13(19)3/h7-9,12-13,16H,4-6,10H2,1-3H3. The van der Waals surface area contributed by atoms with E-state index in [2.05, 4.69) is 24.8 Å². The Kier molecular flexibility index (Phi) is 5.16. The number of rotatable bonds is 3. The van der Waals surface area contributed by atoms with Crippen LogP contribution in [0.25, 0.3) is 0 Å². The van der Waals surface area contributed by atoms with Gasteiger partial charge in [0.2, 0.25) is 0 Å². The molecule has 0 amide bonds. The molecule has 3 heteroatoms. The van der Waals surface area contributed by atoms with Crippen LogP contribution < -0.4 is 0 Å². The van der Waals surface area contributed by atoms with Gasteiger partial charge in [-0.15, -0.1) is 11.6 Å². The molecule has 1 saturated heterocycles. The maximum atomic E-state index is 6.61. The molecule has 0 saturated carbocycles. The highest BCUT2D eigenvalue weighted by atomic mass is 35.5. The van der Waals surface area contributed by atoms with Crippen LogP contribution in [-0.4, -0.2) is 23.5 Å². The van der Waals surface area contributed by atoms with Crippen molar-refractivity contribution in [1.82, 2.24) is 4.90 Å². The van der Waals surface area contributed by atoms with Gasteiger partial charge in [0.1, 0.15) is 0 Å². The van der Waals surface area contributed by atoms with Gasteiger partial charge in [0.25, 0.3) is 0 Å². The van der Waals surface area contributed by atoms with E-state index in [-0.39, 0.29) is 5.38 Å². The van der Waals surface area contributed by atoms with E-state index >= 15 is 0 Å². The van der Waals surface area contributed by atoms with Crippen LogP contribution in [0.1, 0.15) is 49.6 Å². The maximum Gasteiger partial charge on any atom is 0.0712 e. The molecule has 1 nitrogen and oxygen atoms in total. The SMILES string of the molecule is Cc1cc(C(Cl)CN2C(C)CCCC2C)ccc1Cl. The van der Waals surface area contributed by atoms with Crippen molar-refractivity contribution in [2.45, 2.75) is 57.5 Å². The topological polar surface area (TPSA) is 3.24 Å². The van der Waals surface area contributed by atoms with Crippen LogP contribution in [0.4, 0.5) is 0 Å². The van der Waals surface area contributed by atoms with E-state index in [0.717, 1.165) is 17.1 Å². The Bertz CT molecular complexity index is 423. The summed E-state index contributed by atoms with van der Waals surface area (Å²) in [5.74, 6) is 0. The molecule has 1 fully saturated rings. The Labute approximate surface area is 126 Å². The van der Waals surface area contributed by atoms with Crippen LogP contribution in [0.15, 0.2) is 18.2 Å². The number of likely N-dealkylation sites (tertiary alicyclic amines) is 1. The first-order valence-electron chi connectivity index (χ1n) is 7.15. The average Bonchev–Trinajstić information content (AvgIpc) is 2.37. The van der Waals surface area contributed by atoms with E-state index < -0.39 is 0 Å². The monoisotopic (exact) mass is 299 g/mol. The summed E-state index contributed by atoms with van der Waals surface area (Å²) < 4.78 is 0. The van der Waals surface area contributed by atoms with Crippen LogP contribution >= 0.6 is 23.2 Å². The summed E-state index contributed by atoms with van der Waals surface area (Å²) >= 11 is 12.7. The Hall–Kier alpha value is -0.240. The molecule has 1 aromatic carbocycles. The third-order valence-electron chi connectivity index (χ3n) is 4.29. The van der Waals surface area contributed by atoms with E-state index in [1.165, 1.54) is 24.8 Å². The average molecular weight is 300 g/mol. The molecular weight excluding hydrogens is 277 g/mol. The molecule has 106 valence electrons. The molecule has 0 bridgehead atoms. The quantitative estimate of drug-likeness (QED) is 0.694. The fourth-order valence-corrected chi connectivity index (χ4v) is 3.40. The summed E-state index contributed by atoms with van der Waals surface area (Å²) in [5.41, 5.74) is 2.28. The minimum absolute atomic E-state index is 0.0407. The summed E-state index contributed by atoms with van der Waals surface area (Å²) in [5, 5.41) is 0.853. The zero-order valence-corrected chi connectivity index (χ0v) is 13.5. The number of nitrogens with zero attached hydrogens (tertiary/aromatic N) is 1. The smallest absolute Gasteiger partial charge is 0.0712 e. The van der Waals surface area contributed by atoms with Gasteiger partial charge in [0.15, 0.2) is 0 Å². The highest BCUT2D eigenvalue weighted by Gasteiger charge is 2.26. The molecule has 0 aromatic heterocycles. The molecule has 19 heavy (non-hydrogen) atoms. The Morgan fingerprint density at radius 1 is 1.26 bits per heavy atom. The molecule has 0 N–H and O–H groups in total. The number of benzene rings is 1. The van der Waals surface area contributed by atoms with Crippen molar-refractivity contribution < 1.29 is 0 Å². The van der Waals surface area contributed by atoms with Gasteiger partial charge < -0.3 is 0 Å². The zero-order chi connectivity index (χ0) is 14.0. The van der Waals surface area contributed by atoms with Crippen molar-refractivity contribution in [3.05, 3.63) is 34.3 Å². The number of hydrogen-bond acceptors (Lipinski definition) is 1. The Balaban J connectivity index is 2.07. The van der Waals surface area contributed by atoms with Gasteiger partial charge in [-0.25, -0.2) is 0 Å². The summed E-state index contributed by atoms with van der Waals surface area (Å²) in [6, 6.07) is 7.38. The number of piperidine rings is 1. The van der Waals surface area contributed by atoms with E-state index in [0.29, 0.717) is 12.1 Å². The van der Waals surface area contributed by atoms with Gasteiger partial charge in [0.05, 0.1) is 5.38 Å². The number of aryl methyl sites for hydroxylation is 1. The molecule has 1 aliphatic heterocycles. The van der Waals surface area contributed by atoms with Crippen LogP contribution in [-0.2, 0) is 0 Å². The van der Waals surface area contributed by atoms with Gasteiger partial charge in [-0.1, -0.05) is 30.2 Å². The lowest BCUT2D eigenvalue weighted by atomic mass is 9.96. The van der Waals surface area contributed by atoms with E-state index in [1.54, 1.807) is 0 Å². The Morgan fingerprint density at radius 2 is 1.89 bits per heavy atom. The van der Waals surface area contributed by atoms with Crippen LogP contribution in [0, 0.1) is 6.92 Å². The van der Waals surface area contributed by atoms with Crippen LogP contribution in [0.5, 0.6) is 0 Å². The molecule has 0 aliphatic carbocycles.